The molecule has 6 nitrogen and oxygen atoms in total. The number of carbonyl (C=O) groups excluding carboxylic acids is 1. The lowest BCUT2D eigenvalue weighted by Crippen LogP contribution is -2.07. The number of H-pyrrole nitrogens is 1. The Hall–Kier alpha value is -2.11. The Morgan fingerprint density at radius 3 is 2.74 bits per heavy atom. The fourth-order valence-corrected chi connectivity index (χ4v) is 2.35. The molecule has 0 saturated carbocycles. The Kier molecular flexibility index (Phi) is 3.42. The van der Waals surface area contributed by atoms with Crippen LogP contribution in [0.1, 0.15) is 23.2 Å². The summed E-state index contributed by atoms with van der Waals surface area (Å²) in [6.45, 7) is 3.77. The van der Waals surface area contributed by atoms with E-state index in [1.54, 1.807) is 11.7 Å². The maximum Gasteiger partial charge on any atom is 0.305 e. The second-order valence-corrected chi connectivity index (χ2v) is 4.58. The first-order valence-corrected chi connectivity index (χ1v) is 6.07. The SMILES string of the molecule is COC(=O)CCc1c(C)nc2c(c1C)c(=O)[nH]n2C. The van der Waals surface area contributed by atoms with Crippen LogP contribution in [-0.4, -0.2) is 27.8 Å². The van der Waals surface area contributed by atoms with E-state index in [0.29, 0.717) is 17.5 Å². The Balaban J connectivity index is 2.53. The zero-order valence-electron chi connectivity index (χ0n) is 11.5. The standard InChI is InChI=1S/C13H17N3O3/c1-7-9(5-6-10(17)19-4)8(2)14-12-11(7)13(18)15-16(12)3/h5-6H2,1-4H3,(H,15,18). The summed E-state index contributed by atoms with van der Waals surface area (Å²) in [5.41, 5.74) is 3.15. The van der Waals surface area contributed by atoms with E-state index in [-0.39, 0.29) is 17.9 Å². The molecular weight excluding hydrogens is 246 g/mol. The molecule has 0 unspecified atom stereocenters. The fourth-order valence-electron chi connectivity index (χ4n) is 2.35. The Labute approximate surface area is 110 Å². The van der Waals surface area contributed by atoms with E-state index in [9.17, 15) is 9.59 Å². The molecule has 6 heteroatoms. The van der Waals surface area contributed by atoms with Gasteiger partial charge < -0.3 is 4.74 Å². The topological polar surface area (TPSA) is 77.0 Å². The predicted molar refractivity (Wildman–Crippen MR) is 71.1 cm³/mol. The van der Waals surface area contributed by atoms with Crippen molar-refractivity contribution in [3.05, 3.63) is 27.2 Å². The predicted octanol–water partition coefficient (Wildman–Crippen LogP) is 0.984. The third-order valence-corrected chi connectivity index (χ3v) is 3.38. The molecule has 0 aromatic carbocycles. The van der Waals surface area contributed by atoms with Crippen molar-refractivity contribution in [1.29, 1.82) is 0 Å². The number of pyridine rings is 1. The van der Waals surface area contributed by atoms with Crippen molar-refractivity contribution in [3.8, 4) is 0 Å². The summed E-state index contributed by atoms with van der Waals surface area (Å²) in [5, 5.41) is 3.28. The van der Waals surface area contributed by atoms with Gasteiger partial charge >= 0.3 is 5.97 Å². The molecule has 0 aliphatic carbocycles. The Bertz CT molecular complexity index is 697. The van der Waals surface area contributed by atoms with Crippen molar-refractivity contribution < 1.29 is 9.53 Å². The molecule has 0 fully saturated rings. The number of aryl methyl sites for hydroxylation is 3. The van der Waals surface area contributed by atoms with Gasteiger partial charge in [-0.2, -0.15) is 0 Å². The van der Waals surface area contributed by atoms with E-state index < -0.39 is 0 Å². The number of nitrogens with one attached hydrogen (secondary N) is 1. The van der Waals surface area contributed by atoms with Crippen LogP contribution < -0.4 is 5.56 Å². The highest BCUT2D eigenvalue weighted by atomic mass is 16.5. The maximum absolute atomic E-state index is 11.9. The second-order valence-electron chi connectivity index (χ2n) is 4.58. The number of rotatable bonds is 3. The number of aromatic amines is 1. The van der Waals surface area contributed by atoms with Crippen LogP contribution in [0.4, 0.5) is 0 Å². The molecule has 1 N–H and O–H groups in total. The van der Waals surface area contributed by atoms with E-state index in [1.807, 2.05) is 13.8 Å². The Morgan fingerprint density at radius 2 is 2.11 bits per heavy atom. The molecule has 0 radical (unpaired) electrons. The van der Waals surface area contributed by atoms with Crippen LogP contribution in [0.25, 0.3) is 11.0 Å². The quantitative estimate of drug-likeness (QED) is 0.837. The van der Waals surface area contributed by atoms with Gasteiger partial charge in [0.1, 0.15) is 0 Å². The van der Waals surface area contributed by atoms with E-state index in [0.717, 1.165) is 16.8 Å². The summed E-state index contributed by atoms with van der Waals surface area (Å²) in [6.07, 6.45) is 0.817. The maximum atomic E-state index is 11.9. The number of hydrogen-bond donors (Lipinski definition) is 1. The van der Waals surface area contributed by atoms with E-state index in [1.165, 1.54) is 7.11 Å². The number of methoxy groups -OCH3 is 1. The van der Waals surface area contributed by atoms with Gasteiger partial charge in [0.25, 0.3) is 5.56 Å². The first-order valence-electron chi connectivity index (χ1n) is 6.07. The lowest BCUT2D eigenvalue weighted by atomic mass is 10.0. The van der Waals surface area contributed by atoms with Gasteiger partial charge in [-0.1, -0.05) is 0 Å². The van der Waals surface area contributed by atoms with Crippen molar-refractivity contribution in [1.82, 2.24) is 14.8 Å². The van der Waals surface area contributed by atoms with Crippen LogP contribution in [0.2, 0.25) is 0 Å². The zero-order valence-corrected chi connectivity index (χ0v) is 11.5. The van der Waals surface area contributed by atoms with Gasteiger partial charge in [0.05, 0.1) is 12.5 Å². The van der Waals surface area contributed by atoms with E-state index >= 15 is 0 Å². The third-order valence-electron chi connectivity index (χ3n) is 3.38. The minimum atomic E-state index is -0.263. The molecule has 2 aromatic heterocycles. The summed E-state index contributed by atoms with van der Waals surface area (Å²) in [6, 6.07) is 0. The number of nitrogens with zero attached hydrogens (tertiary/aromatic N) is 2. The van der Waals surface area contributed by atoms with Crippen LogP contribution in [0.15, 0.2) is 4.79 Å². The normalized spacial score (nSPS) is 10.9. The van der Waals surface area contributed by atoms with Gasteiger partial charge in [-0.15, -0.1) is 0 Å². The zero-order chi connectivity index (χ0) is 14.2. The van der Waals surface area contributed by atoms with Crippen LogP contribution in [0.5, 0.6) is 0 Å². The number of hydrogen-bond acceptors (Lipinski definition) is 4. The number of aromatic nitrogens is 3. The number of fused-ring (bicyclic) bond motifs is 1. The minimum absolute atomic E-state index is 0.151. The molecule has 0 bridgehead atoms. The molecule has 2 heterocycles. The summed E-state index contributed by atoms with van der Waals surface area (Å²) in [5.74, 6) is -0.263. The average molecular weight is 263 g/mol. The highest BCUT2D eigenvalue weighted by Gasteiger charge is 2.15. The number of esters is 1. The molecule has 0 aliphatic heterocycles. The van der Waals surface area contributed by atoms with Crippen LogP contribution >= 0.6 is 0 Å². The molecule has 0 aliphatic rings. The Morgan fingerprint density at radius 1 is 1.42 bits per heavy atom. The summed E-state index contributed by atoms with van der Waals surface area (Å²) < 4.78 is 6.25. The van der Waals surface area contributed by atoms with Crippen molar-refractivity contribution in [2.24, 2.45) is 7.05 Å². The van der Waals surface area contributed by atoms with Crippen molar-refractivity contribution in [3.63, 3.8) is 0 Å². The minimum Gasteiger partial charge on any atom is -0.469 e. The van der Waals surface area contributed by atoms with Crippen molar-refractivity contribution in [2.45, 2.75) is 26.7 Å². The van der Waals surface area contributed by atoms with Gasteiger partial charge in [0, 0.05) is 19.2 Å². The fraction of sp³-hybridized carbons (Fsp3) is 0.462. The highest BCUT2D eigenvalue weighted by molar-refractivity contribution is 5.80. The lowest BCUT2D eigenvalue weighted by Gasteiger charge is -2.09. The first-order chi connectivity index (χ1) is 8.95. The largest absolute Gasteiger partial charge is 0.469 e. The second kappa shape index (κ2) is 4.87. The average Bonchev–Trinajstić information content (AvgIpc) is 2.63. The van der Waals surface area contributed by atoms with E-state index in [4.69, 9.17) is 0 Å². The molecule has 0 atom stereocenters. The van der Waals surface area contributed by atoms with Crippen LogP contribution in [0, 0.1) is 13.8 Å². The molecule has 2 aromatic rings. The monoisotopic (exact) mass is 263 g/mol. The van der Waals surface area contributed by atoms with Crippen LogP contribution in [0.3, 0.4) is 0 Å². The van der Waals surface area contributed by atoms with Gasteiger partial charge in [-0.05, 0) is 31.4 Å². The van der Waals surface area contributed by atoms with Crippen molar-refractivity contribution >= 4 is 17.0 Å². The molecule has 2 rings (SSSR count). The first kappa shape index (κ1) is 13.3. The molecule has 0 saturated heterocycles. The molecule has 102 valence electrons. The smallest absolute Gasteiger partial charge is 0.305 e. The highest BCUT2D eigenvalue weighted by Crippen LogP contribution is 2.21. The van der Waals surface area contributed by atoms with Gasteiger partial charge in [0.15, 0.2) is 5.65 Å². The molecule has 0 amide bonds. The van der Waals surface area contributed by atoms with Crippen LogP contribution in [-0.2, 0) is 23.0 Å². The van der Waals surface area contributed by atoms with E-state index in [2.05, 4.69) is 14.8 Å². The summed E-state index contributed by atoms with van der Waals surface area (Å²) in [7, 11) is 3.12. The molecule has 0 spiro atoms. The summed E-state index contributed by atoms with van der Waals surface area (Å²) >= 11 is 0. The molecular formula is C13H17N3O3. The number of carbonyl (C=O) groups is 1. The third kappa shape index (κ3) is 2.25. The summed E-state index contributed by atoms with van der Waals surface area (Å²) in [4.78, 5) is 27.5. The molecule has 19 heavy (non-hydrogen) atoms. The number of ether oxygens (including phenoxy) is 1. The van der Waals surface area contributed by atoms with Crippen molar-refractivity contribution in [2.75, 3.05) is 7.11 Å². The lowest BCUT2D eigenvalue weighted by molar-refractivity contribution is -0.140. The van der Waals surface area contributed by atoms with Gasteiger partial charge in [-0.3, -0.25) is 19.4 Å². The van der Waals surface area contributed by atoms with Gasteiger partial charge in [0.2, 0.25) is 0 Å². The van der Waals surface area contributed by atoms with Gasteiger partial charge in [-0.25, -0.2) is 4.98 Å².